The Morgan fingerprint density at radius 3 is 2.39 bits per heavy atom. The molecule has 18 heavy (non-hydrogen) atoms. The first kappa shape index (κ1) is 12.7. The minimum atomic E-state index is 0.124. The number of ketones is 1. The third-order valence-electron chi connectivity index (χ3n) is 2.56. The van der Waals surface area contributed by atoms with Crippen LogP contribution in [0.4, 0.5) is 0 Å². The van der Waals surface area contributed by atoms with Crippen LogP contribution in [0, 0.1) is 0 Å². The van der Waals surface area contributed by atoms with E-state index >= 15 is 0 Å². The molecule has 0 heterocycles. The highest BCUT2D eigenvalue weighted by Crippen LogP contribution is 2.28. The molecule has 2 rings (SSSR count). The van der Waals surface area contributed by atoms with Gasteiger partial charge in [-0.2, -0.15) is 0 Å². The van der Waals surface area contributed by atoms with Crippen molar-refractivity contribution in [3.63, 3.8) is 0 Å². The van der Waals surface area contributed by atoms with Crippen LogP contribution < -0.4 is 4.74 Å². The first-order chi connectivity index (χ1) is 8.70. The van der Waals surface area contributed by atoms with Crippen LogP contribution >= 0.6 is 11.6 Å². The third-order valence-corrected chi connectivity index (χ3v) is 2.87. The minimum Gasteiger partial charge on any atom is -0.456 e. The van der Waals surface area contributed by atoms with Gasteiger partial charge in [0.1, 0.15) is 11.5 Å². The molecule has 0 amide bonds. The lowest BCUT2D eigenvalue weighted by Gasteiger charge is -2.07. The molecule has 0 saturated heterocycles. The lowest BCUT2D eigenvalue weighted by Crippen LogP contribution is -1.95. The van der Waals surface area contributed by atoms with Gasteiger partial charge in [0.05, 0.1) is 5.02 Å². The van der Waals surface area contributed by atoms with Crippen LogP contribution in [0.1, 0.15) is 23.7 Å². The number of ether oxygens (including phenoxy) is 1. The maximum Gasteiger partial charge on any atom is 0.162 e. The fourth-order valence-electron chi connectivity index (χ4n) is 1.57. The van der Waals surface area contributed by atoms with E-state index in [1.807, 2.05) is 19.1 Å². The zero-order valence-electron chi connectivity index (χ0n) is 10.0. The zero-order chi connectivity index (χ0) is 13.0. The average molecular weight is 261 g/mol. The number of rotatable bonds is 4. The van der Waals surface area contributed by atoms with Crippen LogP contribution in [0.3, 0.4) is 0 Å². The highest BCUT2D eigenvalue weighted by Gasteiger charge is 2.05. The maximum atomic E-state index is 11.5. The summed E-state index contributed by atoms with van der Waals surface area (Å²) in [4.78, 5) is 11.5. The number of Topliss-reactive ketones (excluding diaryl/α,β-unsaturated/α-hetero) is 1. The van der Waals surface area contributed by atoms with E-state index in [0.29, 0.717) is 28.5 Å². The normalized spacial score (nSPS) is 10.1. The smallest absolute Gasteiger partial charge is 0.162 e. The number of carbonyl (C=O) groups is 1. The zero-order valence-corrected chi connectivity index (χ0v) is 10.8. The summed E-state index contributed by atoms with van der Waals surface area (Å²) in [7, 11) is 0. The molecule has 0 bridgehead atoms. The van der Waals surface area contributed by atoms with E-state index in [9.17, 15) is 4.79 Å². The molecule has 0 atom stereocenters. The number of para-hydroxylation sites is 1. The molecule has 92 valence electrons. The van der Waals surface area contributed by atoms with Crippen molar-refractivity contribution in [2.45, 2.75) is 13.3 Å². The van der Waals surface area contributed by atoms with Gasteiger partial charge in [-0.25, -0.2) is 0 Å². The Bertz CT molecular complexity index is 547. The fraction of sp³-hybridized carbons (Fsp3) is 0.133. The van der Waals surface area contributed by atoms with Crippen molar-refractivity contribution in [3.8, 4) is 11.5 Å². The molecule has 0 aliphatic rings. The minimum absolute atomic E-state index is 0.124. The predicted octanol–water partition coefficient (Wildman–Crippen LogP) is 4.73. The molecule has 0 aliphatic carbocycles. The van der Waals surface area contributed by atoms with Crippen LogP contribution in [0.2, 0.25) is 5.02 Å². The van der Waals surface area contributed by atoms with Crippen molar-refractivity contribution in [1.82, 2.24) is 0 Å². The number of carbonyl (C=O) groups excluding carboxylic acids is 1. The van der Waals surface area contributed by atoms with Gasteiger partial charge in [0.2, 0.25) is 0 Å². The number of halogens is 1. The van der Waals surface area contributed by atoms with E-state index in [-0.39, 0.29) is 5.78 Å². The third kappa shape index (κ3) is 2.90. The molecule has 2 aromatic carbocycles. The molecule has 0 aliphatic heterocycles. The first-order valence-corrected chi connectivity index (χ1v) is 6.14. The molecule has 0 saturated carbocycles. The summed E-state index contributed by atoms with van der Waals surface area (Å²) in [5, 5.41) is 0.561. The molecule has 0 N–H and O–H groups in total. The van der Waals surface area contributed by atoms with Gasteiger partial charge in [-0.15, -0.1) is 0 Å². The second-order valence-corrected chi connectivity index (χ2v) is 4.24. The molecule has 0 fully saturated rings. The summed E-state index contributed by atoms with van der Waals surface area (Å²) in [6, 6.07) is 14.3. The summed E-state index contributed by atoms with van der Waals surface area (Å²) in [6.07, 6.45) is 0.505. The van der Waals surface area contributed by atoms with Gasteiger partial charge in [0.15, 0.2) is 5.78 Å². The Balaban J connectivity index is 2.16. The van der Waals surface area contributed by atoms with Crippen molar-refractivity contribution >= 4 is 17.4 Å². The van der Waals surface area contributed by atoms with Crippen LogP contribution in [0.15, 0.2) is 48.5 Å². The van der Waals surface area contributed by atoms with Crippen molar-refractivity contribution in [1.29, 1.82) is 0 Å². The Kier molecular flexibility index (Phi) is 4.00. The standard InChI is InChI=1S/C15H13ClO2/c1-2-14(17)11-7-9-12(10-8-11)18-15-6-4-3-5-13(15)16/h3-10H,2H2,1H3. The SMILES string of the molecule is CCC(=O)c1ccc(Oc2ccccc2Cl)cc1. The summed E-state index contributed by atoms with van der Waals surface area (Å²) in [5.74, 6) is 1.39. The van der Waals surface area contributed by atoms with E-state index in [2.05, 4.69) is 0 Å². The number of benzene rings is 2. The molecule has 0 unspecified atom stereocenters. The number of hydrogen-bond acceptors (Lipinski definition) is 2. The largest absolute Gasteiger partial charge is 0.456 e. The van der Waals surface area contributed by atoms with Crippen LogP contribution in [-0.2, 0) is 0 Å². The summed E-state index contributed by atoms with van der Waals surface area (Å²) >= 11 is 6.00. The molecular weight excluding hydrogens is 248 g/mol. The van der Waals surface area contributed by atoms with Gasteiger partial charge < -0.3 is 4.74 Å². The second-order valence-electron chi connectivity index (χ2n) is 3.83. The van der Waals surface area contributed by atoms with Crippen molar-refractivity contribution in [2.75, 3.05) is 0 Å². The fourth-order valence-corrected chi connectivity index (χ4v) is 1.74. The summed E-state index contributed by atoms with van der Waals surface area (Å²) in [6.45, 7) is 1.84. The molecule has 2 nitrogen and oxygen atoms in total. The topological polar surface area (TPSA) is 26.3 Å². The van der Waals surface area contributed by atoms with Crippen LogP contribution in [-0.4, -0.2) is 5.78 Å². The Morgan fingerprint density at radius 2 is 1.78 bits per heavy atom. The monoisotopic (exact) mass is 260 g/mol. The Morgan fingerprint density at radius 1 is 1.11 bits per heavy atom. The average Bonchev–Trinajstić information content (AvgIpc) is 2.41. The van der Waals surface area contributed by atoms with E-state index < -0.39 is 0 Å². The summed E-state index contributed by atoms with van der Waals surface area (Å²) < 4.78 is 5.63. The van der Waals surface area contributed by atoms with Gasteiger partial charge in [-0.3, -0.25) is 4.79 Å². The van der Waals surface area contributed by atoms with Crippen molar-refractivity contribution < 1.29 is 9.53 Å². The van der Waals surface area contributed by atoms with E-state index in [1.54, 1.807) is 36.4 Å². The van der Waals surface area contributed by atoms with Gasteiger partial charge in [-0.1, -0.05) is 30.7 Å². The summed E-state index contributed by atoms with van der Waals surface area (Å²) in [5.41, 5.74) is 0.698. The van der Waals surface area contributed by atoms with Gasteiger partial charge in [-0.05, 0) is 36.4 Å². The molecule has 3 heteroatoms. The lowest BCUT2D eigenvalue weighted by atomic mass is 10.1. The van der Waals surface area contributed by atoms with E-state index in [1.165, 1.54) is 0 Å². The quantitative estimate of drug-likeness (QED) is 0.743. The molecule has 0 spiro atoms. The van der Waals surface area contributed by atoms with Crippen LogP contribution in [0.5, 0.6) is 11.5 Å². The molecule has 0 radical (unpaired) electrons. The molecule has 2 aromatic rings. The van der Waals surface area contributed by atoms with Gasteiger partial charge >= 0.3 is 0 Å². The Labute approximate surface area is 111 Å². The maximum absolute atomic E-state index is 11.5. The van der Waals surface area contributed by atoms with Gasteiger partial charge in [0.25, 0.3) is 0 Å². The lowest BCUT2D eigenvalue weighted by molar-refractivity contribution is 0.0988. The second kappa shape index (κ2) is 5.69. The van der Waals surface area contributed by atoms with Crippen molar-refractivity contribution in [2.24, 2.45) is 0 Å². The highest BCUT2D eigenvalue weighted by atomic mass is 35.5. The molecular formula is C15H13ClO2. The highest BCUT2D eigenvalue weighted by molar-refractivity contribution is 6.32. The first-order valence-electron chi connectivity index (χ1n) is 5.76. The van der Waals surface area contributed by atoms with Crippen LogP contribution in [0.25, 0.3) is 0 Å². The predicted molar refractivity (Wildman–Crippen MR) is 72.6 cm³/mol. The Hall–Kier alpha value is -1.80. The molecule has 0 aromatic heterocycles. The van der Waals surface area contributed by atoms with Gasteiger partial charge in [0, 0.05) is 12.0 Å². The van der Waals surface area contributed by atoms with Crippen molar-refractivity contribution in [3.05, 3.63) is 59.1 Å². The number of hydrogen-bond donors (Lipinski definition) is 0. The van der Waals surface area contributed by atoms with E-state index in [4.69, 9.17) is 16.3 Å². The van der Waals surface area contributed by atoms with E-state index in [0.717, 1.165) is 0 Å².